The molecule has 21 heteroatoms. The maximum atomic E-state index is 14.3. The van der Waals surface area contributed by atoms with E-state index in [9.17, 15) is 65.9 Å². The maximum absolute atomic E-state index is 14.3. The second kappa shape index (κ2) is 11.8. The van der Waals surface area contributed by atoms with Gasteiger partial charge in [-0.1, -0.05) is 0 Å². The van der Waals surface area contributed by atoms with Crippen molar-refractivity contribution in [3.8, 4) is 0 Å². The first-order valence-electron chi connectivity index (χ1n) is 11.4. The number of benzene rings is 3. The molecule has 1 saturated heterocycles. The Kier molecular flexibility index (Phi) is 8.85. The minimum absolute atomic E-state index is 1.21. The van der Waals surface area contributed by atoms with Gasteiger partial charge in [0.25, 0.3) is 20.9 Å². The molecule has 3 aromatic carbocycles. The third kappa shape index (κ3) is 5.44. The van der Waals surface area contributed by atoms with Crippen LogP contribution in [0.1, 0.15) is 16.7 Å². The Morgan fingerprint density at radius 2 is 0.405 bits per heavy atom. The van der Waals surface area contributed by atoms with E-state index < -0.39 is 144 Å². The zero-order valence-corrected chi connectivity index (χ0v) is 20.0. The lowest BCUT2D eigenvalue weighted by atomic mass is 9.45. The first-order valence-corrected chi connectivity index (χ1v) is 11.4. The summed E-state index contributed by atoms with van der Waals surface area (Å²) >= 11 is 0. The molecule has 0 unspecified atom stereocenters. The third-order valence-corrected chi connectivity index (χ3v) is 6.33. The fourth-order valence-corrected chi connectivity index (χ4v) is 4.33. The lowest BCUT2D eigenvalue weighted by Crippen LogP contribution is -2.76. The van der Waals surface area contributed by atoms with Gasteiger partial charge in [0.1, 0.15) is 0 Å². The summed E-state index contributed by atoms with van der Waals surface area (Å²) < 4.78 is 208. The van der Waals surface area contributed by atoms with Crippen LogP contribution in [0.3, 0.4) is 0 Å². The van der Waals surface area contributed by atoms with Gasteiger partial charge in [-0.05, 0) is 19.0 Å². The van der Waals surface area contributed by atoms with Crippen LogP contribution in [0, 0.1) is 87.3 Å². The molecule has 0 aromatic heterocycles. The van der Waals surface area contributed by atoms with Gasteiger partial charge in [-0.2, -0.15) is 0 Å². The molecule has 0 spiro atoms. The highest BCUT2D eigenvalue weighted by Crippen LogP contribution is 2.27. The summed E-state index contributed by atoms with van der Waals surface area (Å²) in [5, 5.41) is 6.84. The summed E-state index contributed by atoms with van der Waals surface area (Å²) in [6.07, 6.45) is -3.64. The molecular weight excluding hydrogens is 612 g/mol. The minimum Gasteiger partial charge on any atom is -0.371 e. The third-order valence-electron chi connectivity index (χ3n) is 6.33. The monoisotopic (exact) mass is 621 g/mol. The van der Waals surface area contributed by atoms with Gasteiger partial charge in [-0.15, -0.1) is 0 Å². The van der Waals surface area contributed by atoms with Crippen LogP contribution in [0.25, 0.3) is 0 Å². The second-order valence-corrected chi connectivity index (χ2v) is 8.92. The molecule has 1 heterocycles. The van der Waals surface area contributed by atoms with E-state index in [0.717, 1.165) is 0 Å². The largest absolute Gasteiger partial charge is 0.371 e. The smallest absolute Gasteiger partial charge is 0.289 e. The van der Waals surface area contributed by atoms with Gasteiger partial charge in [0.2, 0.25) is 17.5 Å². The fourth-order valence-electron chi connectivity index (χ4n) is 4.33. The van der Waals surface area contributed by atoms with Crippen molar-refractivity contribution in [1.29, 1.82) is 0 Å². The van der Waals surface area contributed by atoms with Crippen molar-refractivity contribution in [2.24, 2.45) is 0 Å². The standard InChI is InChI=1S/C21H9B3F15N3/c25-7-4(8(26)14(32)19(37)13(7)31)1-22-40-23(2-5-9(27)15(33)20(38)16(34)10(5)28)42-24(41-22)3-6-11(29)17(35)21(39)18(36)12(6)30/h40-42H,1-3H2. The molecule has 222 valence electrons. The van der Waals surface area contributed by atoms with E-state index in [-0.39, 0.29) is 0 Å². The molecule has 3 nitrogen and oxygen atoms in total. The first-order chi connectivity index (χ1) is 19.6. The van der Waals surface area contributed by atoms with Crippen LogP contribution in [0.2, 0.25) is 0 Å². The summed E-state index contributed by atoms with van der Waals surface area (Å²) in [5.41, 5.74) is -4.41. The van der Waals surface area contributed by atoms with E-state index in [2.05, 4.69) is 15.4 Å². The predicted octanol–water partition coefficient (Wildman–Crippen LogP) is 4.67. The van der Waals surface area contributed by atoms with Crippen molar-refractivity contribution in [2.45, 2.75) is 19.0 Å². The van der Waals surface area contributed by atoms with Crippen LogP contribution >= 0.6 is 0 Å². The van der Waals surface area contributed by atoms with Gasteiger partial charge in [-0.25, -0.2) is 65.9 Å². The van der Waals surface area contributed by atoms with Crippen molar-refractivity contribution >= 4 is 20.9 Å². The van der Waals surface area contributed by atoms with Crippen molar-refractivity contribution in [3.05, 3.63) is 104 Å². The van der Waals surface area contributed by atoms with Crippen molar-refractivity contribution in [3.63, 3.8) is 0 Å². The van der Waals surface area contributed by atoms with E-state index in [1.54, 1.807) is 0 Å². The zero-order valence-electron chi connectivity index (χ0n) is 20.0. The van der Waals surface area contributed by atoms with Crippen LogP contribution in [-0.2, 0) is 19.0 Å². The Bertz CT molecular complexity index is 1310. The summed E-state index contributed by atoms with van der Waals surface area (Å²) in [4.78, 5) is 0. The predicted molar refractivity (Wildman–Crippen MR) is 116 cm³/mol. The van der Waals surface area contributed by atoms with Gasteiger partial charge in [0.15, 0.2) is 69.8 Å². The highest BCUT2D eigenvalue weighted by Gasteiger charge is 2.40. The van der Waals surface area contributed by atoms with E-state index in [1.807, 2.05) is 0 Å². The van der Waals surface area contributed by atoms with Gasteiger partial charge in [0, 0.05) is 16.7 Å². The fraction of sp³-hybridized carbons (Fsp3) is 0.143. The highest BCUT2D eigenvalue weighted by atomic mass is 19.2. The van der Waals surface area contributed by atoms with Crippen molar-refractivity contribution in [2.75, 3.05) is 0 Å². The molecule has 0 saturated carbocycles. The van der Waals surface area contributed by atoms with E-state index >= 15 is 0 Å². The molecule has 0 atom stereocenters. The van der Waals surface area contributed by atoms with Crippen LogP contribution in [0.5, 0.6) is 0 Å². The molecule has 0 radical (unpaired) electrons. The molecule has 1 fully saturated rings. The van der Waals surface area contributed by atoms with Crippen LogP contribution in [0.15, 0.2) is 0 Å². The molecule has 4 rings (SSSR count). The summed E-state index contributed by atoms with van der Waals surface area (Å²) in [6.45, 7) is -5.30. The highest BCUT2D eigenvalue weighted by molar-refractivity contribution is 6.86. The zero-order chi connectivity index (χ0) is 31.4. The Morgan fingerprint density at radius 3 is 0.571 bits per heavy atom. The minimum atomic E-state index is -2.52. The Hall–Kier alpha value is -3.32. The average Bonchev–Trinajstić information content (AvgIpc) is 2.97. The summed E-state index contributed by atoms with van der Waals surface area (Å²) in [7, 11) is 0. The average molecular weight is 621 g/mol. The topological polar surface area (TPSA) is 36.1 Å². The lowest BCUT2D eigenvalue weighted by Gasteiger charge is -2.34. The number of nitrogens with one attached hydrogen (secondary N) is 3. The van der Waals surface area contributed by atoms with Crippen LogP contribution < -0.4 is 15.4 Å². The molecule has 42 heavy (non-hydrogen) atoms. The van der Waals surface area contributed by atoms with Crippen molar-refractivity contribution in [1.82, 2.24) is 15.4 Å². The first kappa shape index (κ1) is 31.6. The normalized spacial score (nSPS) is 13.9. The Balaban J connectivity index is 1.74. The molecule has 3 N–H and O–H groups in total. The lowest BCUT2D eigenvalue weighted by molar-refractivity contribution is 0.372. The number of rotatable bonds is 6. The molecule has 1 aliphatic heterocycles. The Morgan fingerprint density at radius 1 is 0.262 bits per heavy atom. The molecular formula is C21H9B3F15N3. The number of hydrogen-bond donors (Lipinski definition) is 3. The van der Waals surface area contributed by atoms with E-state index in [0.29, 0.717) is 0 Å². The van der Waals surface area contributed by atoms with Crippen LogP contribution in [0.4, 0.5) is 65.9 Å². The maximum Gasteiger partial charge on any atom is 0.289 e. The Labute approximate surface area is 225 Å². The number of hydrogen-bond acceptors (Lipinski definition) is 3. The van der Waals surface area contributed by atoms with E-state index in [1.165, 1.54) is 0 Å². The summed E-state index contributed by atoms with van der Waals surface area (Å²) in [5.74, 6) is -35.7. The van der Waals surface area contributed by atoms with Crippen LogP contribution in [-0.4, -0.2) is 20.9 Å². The van der Waals surface area contributed by atoms with Gasteiger partial charge in [0.05, 0.1) is 0 Å². The molecule has 0 bridgehead atoms. The summed E-state index contributed by atoms with van der Waals surface area (Å²) in [6, 6.07) is 0. The van der Waals surface area contributed by atoms with Gasteiger partial charge < -0.3 is 15.4 Å². The molecule has 1 aliphatic rings. The SMILES string of the molecule is Fc1c(F)c(F)c(CB2NB(Cc3c(F)c(F)c(F)c(F)c3F)NB(Cc3c(F)c(F)c(F)c(F)c3F)N2)c(F)c1F. The molecule has 3 aromatic rings. The molecule has 0 amide bonds. The van der Waals surface area contributed by atoms with E-state index in [4.69, 9.17) is 0 Å². The van der Waals surface area contributed by atoms with Gasteiger partial charge in [-0.3, -0.25) is 0 Å². The second-order valence-electron chi connectivity index (χ2n) is 8.92. The van der Waals surface area contributed by atoms with Gasteiger partial charge >= 0.3 is 0 Å². The molecule has 0 aliphatic carbocycles. The quantitative estimate of drug-likeness (QED) is 0.162. The number of halogens is 15. The van der Waals surface area contributed by atoms with Crippen molar-refractivity contribution < 1.29 is 65.9 Å².